The summed E-state index contributed by atoms with van der Waals surface area (Å²) in [6.45, 7) is 3.08. The zero-order valence-electron chi connectivity index (χ0n) is 14.2. The number of benzene rings is 2. The Morgan fingerprint density at radius 3 is 2.40 bits per heavy atom. The van der Waals surface area contributed by atoms with Gasteiger partial charge in [0.1, 0.15) is 12.4 Å². The zero-order chi connectivity index (χ0) is 17.9. The third kappa shape index (κ3) is 6.55. The van der Waals surface area contributed by atoms with Gasteiger partial charge in [0.15, 0.2) is 0 Å². The molecular formula is C19H22N2O4. The highest BCUT2D eigenvalue weighted by Crippen LogP contribution is 2.10. The van der Waals surface area contributed by atoms with Crippen molar-refractivity contribution in [1.82, 2.24) is 5.32 Å². The molecule has 2 aromatic rings. The van der Waals surface area contributed by atoms with Gasteiger partial charge in [-0.2, -0.15) is 0 Å². The Hall–Kier alpha value is -3.02. The SMILES string of the molecule is CCOC(=O)c1ccc(NCC(=O)NCCOc2ccccc2)cc1. The third-order valence-corrected chi connectivity index (χ3v) is 3.29. The van der Waals surface area contributed by atoms with Crippen LogP contribution in [0.5, 0.6) is 5.75 Å². The van der Waals surface area contributed by atoms with E-state index in [0.717, 1.165) is 11.4 Å². The predicted molar refractivity (Wildman–Crippen MR) is 95.8 cm³/mol. The number of para-hydroxylation sites is 1. The van der Waals surface area contributed by atoms with Gasteiger partial charge in [-0.25, -0.2) is 4.79 Å². The smallest absolute Gasteiger partial charge is 0.338 e. The van der Waals surface area contributed by atoms with Gasteiger partial charge < -0.3 is 20.1 Å². The number of hydrogen-bond donors (Lipinski definition) is 2. The first-order valence-corrected chi connectivity index (χ1v) is 8.14. The van der Waals surface area contributed by atoms with E-state index in [0.29, 0.717) is 25.3 Å². The Morgan fingerprint density at radius 2 is 1.72 bits per heavy atom. The molecule has 25 heavy (non-hydrogen) atoms. The van der Waals surface area contributed by atoms with Crippen molar-refractivity contribution in [1.29, 1.82) is 0 Å². The summed E-state index contributed by atoms with van der Waals surface area (Å²) >= 11 is 0. The van der Waals surface area contributed by atoms with Gasteiger partial charge in [0.05, 0.1) is 25.3 Å². The van der Waals surface area contributed by atoms with Crippen LogP contribution in [0.25, 0.3) is 0 Å². The molecule has 1 amide bonds. The number of anilines is 1. The average molecular weight is 342 g/mol. The fourth-order valence-corrected chi connectivity index (χ4v) is 2.06. The summed E-state index contributed by atoms with van der Waals surface area (Å²) in [4.78, 5) is 23.3. The maximum atomic E-state index is 11.8. The maximum absolute atomic E-state index is 11.8. The molecule has 0 aromatic heterocycles. The molecule has 0 saturated heterocycles. The number of hydrogen-bond acceptors (Lipinski definition) is 5. The van der Waals surface area contributed by atoms with Crippen molar-refractivity contribution in [3.8, 4) is 5.75 Å². The van der Waals surface area contributed by atoms with Crippen LogP contribution in [0.15, 0.2) is 54.6 Å². The third-order valence-electron chi connectivity index (χ3n) is 3.29. The van der Waals surface area contributed by atoms with E-state index < -0.39 is 0 Å². The number of carbonyl (C=O) groups is 2. The van der Waals surface area contributed by atoms with E-state index in [1.165, 1.54) is 0 Å². The molecule has 0 aliphatic carbocycles. The molecule has 0 aliphatic heterocycles. The van der Waals surface area contributed by atoms with Crippen LogP contribution >= 0.6 is 0 Å². The van der Waals surface area contributed by atoms with Gasteiger partial charge in [-0.05, 0) is 43.3 Å². The molecule has 0 heterocycles. The highest BCUT2D eigenvalue weighted by Gasteiger charge is 2.06. The monoisotopic (exact) mass is 342 g/mol. The highest BCUT2D eigenvalue weighted by molar-refractivity contribution is 5.90. The van der Waals surface area contributed by atoms with E-state index in [1.807, 2.05) is 30.3 Å². The molecule has 2 aromatic carbocycles. The summed E-state index contributed by atoms with van der Waals surface area (Å²) in [6.07, 6.45) is 0. The van der Waals surface area contributed by atoms with Crippen molar-refractivity contribution < 1.29 is 19.1 Å². The van der Waals surface area contributed by atoms with Crippen molar-refractivity contribution >= 4 is 17.6 Å². The van der Waals surface area contributed by atoms with Gasteiger partial charge in [-0.1, -0.05) is 18.2 Å². The molecule has 6 nitrogen and oxygen atoms in total. The molecule has 0 spiro atoms. The Kier molecular flexibility index (Phi) is 7.31. The molecule has 0 unspecified atom stereocenters. The van der Waals surface area contributed by atoms with Crippen LogP contribution in [0.1, 0.15) is 17.3 Å². The van der Waals surface area contributed by atoms with Crippen molar-refractivity contribution in [3.63, 3.8) is 0 Å². The lowest BCUT2D eigenvalue weighted by Gasteiger charge is -2.09. The molecular weight excluding hydrogens is 320 g/mol. The van der Waals surface area contributed by atoms with Crippen molar-refractivity contribution in [3.05, 3.63) is 60.2 Å². The quantitative estimate of drug-likeness (QED) is 0.541. The molecule has 2 rings (SSSR count). The Bertz CT molecular complexity index is 672. The van der Waals surface area contributed by atoms with Crippen LogP contribution in [0, 0.1) is 0 Å². The van der Waals surface area contributed by atoms with Crippen LogP contribution in [-0.2, 0) is 9.53 Å². The largest absolute Gasteiger partial charge is 0.492 e. The first-order chi connectivity index (χ1) is 12.2. The van der Waals surface area contributed by atoms with Gasteiger partial charge in [0.25, 0.3) is 0 Å². The predicted octanol–water partition coefficient (Wildman–Crippen LogP) is 2.47. The summed E-state index contributed by atoms with van der Waals surface area (Å²) in [5.74, 6) is 0.285. The van der Waals surface area contributed by atoms with Crippen LogP contribution in [0.2, 0.25) is 0 Å². The lowest BCUT2D eigenvalue weighted by atomic mass is 10.2. The lowest BCUT2D eigenvalue weighted by molar-refractivity contribution is -0.119. The lowest BCUT2D eigenvalue weighted by Crippen LogP contribution is -2.33. The molecule has 0 fully saturated rings. The minimum atomic E-state index is -0.356. The first-order valence-electron chi connectivity index (χ1n) is 8.14. The Balaban J connectivity index is 1.65. The summed E-state index contributed by atoms with van der Waals surface area (Å²) < 4.78 is 10.4. The molecule has 0 atom stereocenters. The second kappa shape index (κ2) is 9.97. The van der Waals surface area contributed by atoms with E-state index in [-0.39, 0.29) is 18.4 Å². The minimum Gasteiger partial charge on any atom is -0.492 e. The number of ether oxygens (including phenoxy) is 2. The minimum absolute atomic E-state index is 0.133. The second-order valence-corrected chi connectivity index (χ2v) is 5.16. The van der Waals surface area contributed by atoms with Crippen molar-refractivity contribution in [2.75, 3.05) is 31.6 Å². The van der Waals surface area contributed by atoms with Crippen LogP contribution in [0.3, 0.4) is 0 Å². The van der Waals surface area contributed by atoms with Crippen LogP contribution in [-0.4, -0.2) is 38.2 Å². The van der Waals surface area contributed by atoms with E-state index in [2.05, 4.69) is 10.6 Å². The van der Waals surface area contributed by atoms with Crippen molar-refractivity contribution in [2.45, 2.75) is 6.92 Å². The van der Waals surface area contributed by atoms with Crippen LogP contribution in [0.4, 0.5) is 5.69 Å². The van der Waals surface area contributed by atoms with Gasteiger partial charge in [0.2, 0.25) is 5.91 Å². The molecule has 0 saturated carbocycles. The number of carbonyl (C=O) groups excluding carboxylic acids is 2. The number of esters is 1. The Labute approximate surface area is 147 Å². The highest BCUT2D eigenvalue weighted by atomic mass is 16.5. The van der Waals surface area contributed by atoms with Crippen molar-refractivity contribution in [2.24, 2.45) is 0 Å². The van der Waals surface area contributed by atoms with Gasteiger partial charge in [-0.3, -0.25) is 4.79 Å². The van der Waals surface area contributed by atoms with E-state index in [4.69, 9.17) is 9.47 Å². The fourth-order valence-electron chi connectivity index (χ4n) is 2.06. The fraction of sp³-hybridized carbons (Fsp3) is 0.263. The standard InChI is InChI=1S/C19H22N2O4/c1-2-24-19(23)15-8-10-16(11-9-15)21-14-18(22)20-12-13-25-17-6-4-3-5-7-17/h3-11,21H,2,12-14H2,1H3,(H,20,22). The summed E-state index contributed by atoms with van der Waals surface area (Å²) in [5, 5.41) is 5.77. The summed E-state index contributed by atoms with van der Waals surface area (Å²) in [6, 6.07) is 16.2. The van der Waals surface area contributed by atoms with Crippen LogP contribution < -0.4 is 15.4 Å². The molecule has 0 bridgehead atoms. The number of nitrogens with one attached hydrogen (secondary N) is 2. The van der Waals surface area contributed by atoms with E-state index in [1.54, 1.807) is 31.2 Å². The van der Waals surface area contributed by atoms with Gasteiger partial charge >= 0.3 is 5.97 Å². The first kappa shape index (κ1) is 18.3. The maximum Gasteiger partial charge on any atom is 0.338 e. The molecule has 6 heteroatoms. The second-order valence-electron chi connectivity index (χ2n) is 5.16. The van der Waals surface area contributed by atoms with E-state index in [9.17, 15) is 9.59 Å². The number of amides is 1. The average Bonchev–Trinajstić information content (AvgIpc) is 2.65. The molecule has 132 valence electrons. The van der Waals surface area contributed by atoms with E-state index >= 15 is 0 Å². The van der Waals surface area contributed by atoms with Gasteiger partial charge in [-0.15, -0.1) is 0 Å². The van der Waals surface area contributed by atoms with Gasteiger partial charge in [0, 0.05) is 5.69 Å². The molecule has 0 radical (unpaired) electrons. The topological polar surface area (TPSA) is 76.7 Å². The summed E-state index contributed by atoms with van der Waals surface area (Å²) in [5.41, 5.74) is 1.23. The zero-order valence-corrected chi connectivity index (χ0v) is 14.2. The normalized spacial score (nSPS) is 9.96. The molecule has 2 N–H and O–H groups in total. The summed E-state index contributed by atoms with van der Waals surface area (Å²) in [7, 11) is 0. The number of rotatable bonds is 9. The Morgan fingerprint density at radius 1 is 1.00 bits per heavy atom. The molecule has 0 aliphatic rings.